The van der Waals surface area contributed by atoms with Gasteiger partial charge in [0.05, 0.1) is 0 Å². The molecule has 0 nitrogen and oxygen atoms in total. The van der Waals surface area contributed by atoms with E-state index >= 15 is 0 Å². The van der Waals surface area contributed by atoms with Gasteiger partial charge in [-0.1, -0.05) is 48.8 Å². The van der Waals surface area contributed by atoms with Crippen LogP contribution in [0.1, 0.15) is 39.2 Å². The van der Waals surface area contributed by atoms with Crippen molar-refractivity contribution in [1.82, 2.24) is 0 Å². The van der Waals surface area contributed by atoms with E-state index in [0.29, 0.717) is 10.9 Å². The molecule has 90 valence electrons. The lowest BCUT2D eigenvalue weighted by molar-refractivity contribution is -0.0229. The first-order valence-electron chi connectivity index (χ1n) is 5.35. The summed E-state index contributed by atoms with van der Waals surface area (Å²) in [5.41, 5.74) is 0.0289. The highest BCUT2D eigenvalue weighted by Gasteiger charge is 2.32. The molecule has 0 aliphatic rings. The highest BCUT2D eigenvalue weighted by atomic mass is 79.9. The molecule has 0 heterocycles. The van der Waals surface area contributed by atoms with Crippen molar-refractivity contribution < 1.29 is 8.78 Å². The highest BCUT2D eigenvalue weighted by molar-refractivity contribution is 9.10. The first-order valence-corrected chi connectivity index (χ1v) is 6.14. The minimum absolute atomic E-state index is 0.0601. The average Bonchev–Trinajstić information content (AvgIpc) is 2.14. The maximum Gasteiger partial charge on any atom is 0.273 e. The van der Waals surface area contributed by atoms with Gasteiger partial charge < -0.3 is 0 Å². The van der Waals surface area contributed by atoms with E-state index in [9.17, 15) is 8.78 Å². The molecule has 0 aliphatic carbocycles. The Morgan fingerprint density at radius 3 is 2.25 bits per heavy atom. The van der Waals surface area contributed by atoms with Gasteiger partial charge in [0.25, 0.3) is 5.92 Å². The Kier molecular flexibility index (Phi) is 4.11. The fraction of sp³-hybridized carbons (Fsp3) is 0.538. The Balaban J connectivity index is 2.77. The molecule has 0 N–H and O–H groups in total. The van der Waals surface area contributed by atoms with E-state index in [1.54, 1.807) is 12.1 Å². The minimum atomic E-state index is -2.74. The van der Waals surface area contributed by atoms with E-state index < -0.39 is 5.92 Å². The van der Waals surface area contributed by atoms with Crippen molar-refractivity contribution in [3.05, 3.63) is 34.3 Å². The van der Waals surface area contributed by atoms with Crippen LogP contribution in [0, 0.1) is 5.41 Å². The molecule has 16 heavy (non-hydrogen) atoms. The van der Waals surface area contributed by atoms with Crippen molar-refractivity contribution in [2.45, 2.75) is 39.5 Å². The molecule has 0 atom stereocenters. The molecule has 0 bridgehead atoms. The van der Waals surface area contributed by atoms with Crippen molar-refractivity contribution in [3.63, 3.8) is 0 Å². The third-order valence-electron chi connectivity index (χ3n) is 2.44. The van der Waals surface area contributed by atoms with E-state index in [-0.39, 0.29) is 17.4 Å². The van der Waals surface area contributed by atoms with E-state index in [0.717, 1.165) is 0 Å². The van der Waals surface area contributed by atoms with Gasteiger partial charge in [-0.15, -0.1) is 0 Å². The van der Waals surface area contributed by atoms with Crippen LogP contribution in [0.4, 0.5) is 8.78 Å². The van der Waals surface area contributed by atoms with Crippen LogP contribution in [0.5, 0.6) is 0 Å². The Labute approximate surface area is 104 Å². The van der Waals surface area contributed by atoms with Crippen molar-refractivity contribution in [2.24, 2.45) is 5.41 Å². The molecule has 1 aromatic rings. The summed E-state index contributed by atoms with van der Waals surface area (Å²) < 4.78 is 28.4. The first kappa shape index (κ1) is 13.6. The van der Waals surface area contributed by atoms with Gasteiger partial charge in [-0.05, 0) is 24.0 Å². The summed E-state index contributed by atoms with van der Waals surface area (Å²) in [5.74, 6) is -2.74. The smallest absolute Gasteiger partial charge is 0.201 e. The molecule has 0 saturated heterocycles. The Hall–Kier alpha value is -0.440. The third kappa shape index (κ3) is 4.20. The molecule has 0 fully saturated rings. The molecule has 1 rings (SSSR count). The summed E-state index contributed by atoms with van der Waals surface area (Å²) in [7, 11) is 0. The van der Waals surface area contributed by atoms with Gasteiger partial charge in [0.1, 0.15) is 0 Å². The molecule has 0 saturated carbocycles. The van der Waals surface area contributed by atoms with Gasteiger partial charge in [0, 0.05) is 16.5 Å². The summed E-state index contributed by atoms with van der Waals surface area (Å²) in [5, 5.41) is 0. The molecule has 0 aromatic heterocycles. The second-order valence-corrected chi connectivity index (χ2v) is 6.19. The number of hydrogen-bond acceptors (Lipinski definition) is 0. The molecular formula is C13H17BrF2. The summed E-state index contributed by atoms with van der Waals surface area (Å²) in [6.45, 7) is 5.93. The van der Waals surface area contributed by atoms with Crippen molar-refractivity contribution >= 4 is 15.9 Å². The lowest BCUT2D eigenvalue weighted by Crippen LogP contribution is -2.17. The number of alkyl halides is 2. The van der Waals surface area contributed by atoms with E-state index in [1.807, 2.05) is 20.8 Å². The van der Waals surface area contributed by atoms with Crippen LogP contribution in [0.15, 0.2) is 28.7 Å². The van der Waals surface area contributed by atoms with Gasteiger partial charge in [-0.3, -0.25) is 0 Å². The van der Waals surface area contributed by atoms with Crippen LogP contribution < -0.4 is 0 Å². The van der Waals surface area contributed by atoms with E-state index in [4.69, 9.17) is 0 Å². The summed E-state index contributed by atoms with van der Waals surface area (Å²) in [6, 6.07) is 6.36. The van der Waals surface area contributed by atoms with Crippen LogP contribution in [0.3, 0.4) is 0 Å². The highest BCUT2D eigenvalue weighted by Crippen LogP contribution is 2.37. The first-order chi connectivity index (χ1) is 7.21. The topological polar surface area (TPSA) is 0 Å². The molecule has 0 aliphatic heterocycles. The Morgan fingerprint density at radius 2 is 1.75 bits per heavy atom. The zero-order valence-corrected chi connectivity index (χ0v) is 11.4. The number of hydrogen-bond donors (Lipinski definition) is 0. The van der Waals surface area contributed by atoms with Crippen molar-refractivity contribution in [1.29, 1.82) is 0 Å². The van der Waals surface area contributed by atoms with Crippen LogP contribution in [0.25, 0.3) is 0 Å². The molecule has 0 spiro atoms. The van der Waals surface area contributed by atoms with Gasteiger partial charge in [0.15, 0.2) is 0 Å². The summed E-state index contributed by atoms with van der Waals surface area (Å²) in [6.07, 6.45) is 0.402. The standard InChI is InChI=1S/C13H17BrF2/c1-12(2,3)7-8-13(15,16)10-5-4-6-11(14)9-10/h4-6,9H,7-8H2,1-3H3. The lowest BCUT2D eigenvalue weighted by atomic mass is 9.87. The average molecular weight is 291 g/mol. The van der Waals surface area contributed by atoms with Crippen LogP contribution in [0.2, 0.25) is 0 Å². The Bertz CT molecular complexity index is 353. The number of halogens is 3. The molecule has 0 radical (unpaired) electrons. The molecule has 0 amide bonds. The number of rotatable bonds is 3. The zero-order valence-electron chi connectivity index (χ0n) is 9.86. The molecule has 3 heteroatoms. The molecular weight excluding hydrogens is 274 g/mol. The van der Waals surface area contributed by atoms with Crippen LogP contribution >= 0.6 is 15.9 Å². The minimum Gasteiger partial charge on any atom is -0.201 e. The zero-order chi connectivity index (χ0) is 12.4. The van der Waals surface area contributed by atoms with Crippen LogP contribution in [-0.2, 0) is 5.92 Å². The monoisotopic (exact) mass is 290 g/mol. The summed E-state index contributed by atoms with van der Waals surface area (Å²) >= 11 is 3.21. The van der Waals surface area contributed by atoms with Crippen molar-refractivity contribution in [2.75, 3.05) is 0 Å². The third-order valence-corrected chi connectivity index (χ3v) is 2.93. The molecule has 1 aromatic carbocycles. The number of benzene rings is 1. The molecule has 0 unspecified atom stereocenters. The normalized spacial score (nSPS) is 12.9. The van der Waals surface area contributed by atoms with Crippen LogP contribution in [-0.4, -0.2) is 0 Å². The summed E-state index contributed by atoms with van der Waals surface area (Å²) in [4.78, 5) is 0. The van der Waals surface area contributed by atoms with Gasteiger partial charge in [-0.2, -0.15) is 0 Å². The maximum absolute atomic E-state index is 13.8. The van der Waals surface area contributed by atoms with E-state index in [2.05, 4.69) is 15.9 Å². The predicted octanol–water partition coefficient (Wildman–Crippen LogP) is 5.37. The fourth-order valence-electron chi connectivity index (χ4n) is 1.39. The second-order valence-electron chi connectivity index (χ2n) is 5.28. The maximum atomic E-state index is 13.8. The second kappa shape index (κ2) is 4.82. The van der Waals surface area contributed by atoms with Gasteiger partial charge >= 0.3 is 0 Å². The fourth-order valence-corrected chi connectivity index (χ4v) is 1.79. The van der Waals surface area contributed by atoms with Gasteiger partial charge in [0.2, 0.25) is 0 Å². The van der Waals surface area contributed by atoms with Gasteiger partial charge in [-0.25, -0.2) is 8.78 Å². The van der Waals surface area contributed by atoms with Crippen molar-refractivity contribution in [3.8, 4) is 0 Å². The quantitative estimate of drug-likeness (QED) is 0.702. The van der Waals surface area contributed by atoms with E-state index in [1.165, 1.54) is 12.1 Å². The largest absolute Gasteiger partial charge is 0.273 e. The SMILES string of the molecule is CC(C)(C)CCC(F)(F)c1cccc(Br)c1. The lowest BCUT2D eigenvalue weighted by Gasteiger charge is -2.23. The Morgan fingerprint density at radius 1 is 1.12 bits per heavy atom. The predicted molar refractivity (Wildman–Crippen MR) is 66.7 cm³/mol.